The first-order valence-electron chi connectivity index (χ1n) is 10.8. The Kier molecular flexibility index (Phi) is 4.73. The summed E-state index contributed by atoms with van der Waals surface area (Å²) >= 11 is 0. The lowest BCUT2D eigenvalue weighted by Gasteiger charge is -2.36. The van der Waals surface area contributed by atoms with Crippen LogP contribution < -0.4 is 4.74 Å². The Morgan fingerprint density at radius 3 is 2.79 bits per heavy atom. The fourth-order valence-electron chi connectivity index (χ4n) is 4.74. The van der Waals surface area contributed by atoms with Crippen molar-refractivity contribution in [2.45, 2.75) is 46.3 Å². The molecule has 0 spiro atoms. The molecule has 0 saturated carbocycles. The van der Waals surface area contributed by atoms with Crippen LogP contribution in [0.25, 0.3) is 33.6 Å². The van der Waals surface area contributed by atoms with Gasteiger partial charge in [0.25, 0.3) is 0 Å². The van der Waals surface area contributed by atoms with Crippen LogP contribution in [0.2, 0.25) is 0 Å². The number of H-pyrrole nitrogens is 1. The van der Waals surface area contributed by atoms with E-state index in [1.54, 1.807) is 6.20 Å². The number of amides is 1. The van der Waals surface area contributed by atoms with Gasteiger partial charge in [0, 0.05) is 42.9 Å². The lowest BCUT2D eigenvalue weighted by atomic mass is 9.84. The summed E-state index contributed by atoms with van der Waals surface area (Å²) in [4.78, 5) is 31.2. The smallest absolute Gasteiger partial charge is 0.407 e. The van der Waals surface area contributed by atoms with E-state index in [-0.39, 0.29) is 17.6 Å². The van der Waals surface area contributed by atoms with Gasteiger partial charge in [0.1, 0.15) is 18.3 Å². The number of fused-ring (bicyclic) bond motifs is 2. The molecule has 2 N–H and O–H groups in total. The highest BCUT2D eigenvalue weighted by atomic mass is 16.5. The number of imidazole rings is 1. The summed E-state index contributed by atoms with van der Waals surface area (Å²) in [6, 6.07) is 1.69. The number of nitrogens with zero attached hydrogens (tertiary/aromatic N) is 7. The molecule has 11 nitrogen and oxygen atoms in total. The van der Waals surface area contributed by atoms with E-state index in [4.69, 9.17) is 9.72 Å². The highest BCUT2D eigenvalue weighted by molar-refractivity contribution is 5.85. The van der Waals surface area contributed by atoms with Gasteiger partial charge in [0.15, 0.2) is 16.8 Å². The largest absolute Gasteiger partial charge is 0.470 e. The summed E-state index contributed by atoms with van der Waals surface area (Å²) in [5, 5.41) is 17.7. The average Bonchev–Trinajstić information content (AvgIpc) is 3.44. The Morgan fingerprint density at radius 2 is 2.06 bits per heavy atom. The highest BCUT2D eigenvalue weighted by Crippen LogP contribution is 2.36. The average molecular weight is 451 g/mol. The second-order valence-electron chi connectivity index (χ2n) is 9.52. The van der Waals surface area contributed by atoms with Crippen molar-refractivity contribution >= 4 is 28.3 Å². The molecule has 11 heteroatoms. The molecular weight excluding hydrogens is 424 g/mol. The first kappa shape index (κ1) is 21.1. The van der Waals surface area contributed by atoms with Crippen molar-refractivity contribution in [3.05, 3.63) is 24.3 Å². The van der Waals surface area contributed by atoms with Crippen LogP contribution in [-0.4, -0.2) is 69.5 Å². The molecule has 2 atom stereocenters. The molecule has 1 saturated heterocycles. The number of hydrogen-bond donors (Lipinski definition) is 2. The van der Waals surface area contributed by atoms with Crippen molar-refractivity contribution in [1.29, 1.82) is 0 Å². The maximum absolute atomic E-state index is 11.8. The Balaban J connectivity index is 1.55. The number of hydrogen-bond acceptors (Lipinski definition) is 7. The third-order valence-electron chi connectivity index (χ3n) is 6.22. The number of aromatic amines is 1. The minimum Gasteiger partial charge on any atom is -0.470 e. The Hall–Kier alpha value is -3.76. The minimum absolute atomic E-state index is 0.301. The predicted octanol–water partition coefficient (Wildman–Crippen LogP) is 3.16. The van der Waals surface area contributed by atoms with Crippen molar-refractivity contribution in [2.75, 3.05) is 6.54 Å². The van der Waals surface area contributed by atoms with Crippen LogP contribution in [0.15, 0.2) is 18.6 Å². The van der Waals surface area contributed by atoms with E-state index in [0.29, 0.717) is 41.5 Å². The zero-order valence-electron chi connectivity index (χ0n) is 19.2. The SMILES string of the molecule is Cc1[nH]nc2ncc(-c3nc4c(OC5CCN(C(=O)O)C5C(C)(C)C)ncnc4n3C)cc12. The molecule has 0 aromatic carbocycles. The monoisotopic (exact) mass is 450 g/mol. The van der Waals surface area contributed by atoms with Gasteiger partial charge >= 0.3 is 6.09 Å². The van der Waals surface area contributed by atoms with Crippen molar-refractivity contribution < 1.29 is 14.6 Å². The summed E-state index contributed by atoms with van der Waals surface area (Å²) in [6.45, 7) is 8.42. The third-order valence-corrected chi connectivity index (χ3v) is 6.22. The molecule has 4 aromatic rings. The molecule has 5 rings (SSSR count). The van der Waals surface area contributed by atoms with E-state index in [9.17, 15) is 9.90 Å². The second kappa shape index (κ2) is 7.39. The molecule has 0 radical (unpaired) electrons. The van der Waals surface area contributed by atoms with Crippen LogP contribution in [0.3, 0.4) is 0 Å². The lowest BCUT2D eigenvalue weighted by Crippen LogP contribution is -2.48. The van der Waals surface area contributed by atoms with E-state index in [1.807, 2.05) is 45.4 Å². The zero-order chi connectivity index (χ0) is 23.5. The van der Waals surface area contributed by atoms with Crippen LogP contribution in [0.5, 0.6) is 5.88 Å². The van der Waals surface area contributed by atoms with Crippen LogP contribution in [0.4, 0.5) is 4.79 Å². The van der Waals surface area contributed by atoms with Crippen LogP contribution >= 0.6 is 0 Å². The van der Waals surface area contributed by atoms with Gasteiger partial charge in [0.05, 0.1) is 6.04 Å². The number of rotatable bonds is 3. The van der Waals surface area contributed by atoms with Crippen molar-refractivity contribution in [3.8, 4) is 17.3 Å². The van der Waals surface area contributed by atoms with E-state index < -0.39 is 6.09 Å². The molecule has 1 fully saturated rings. The van der Waals surface area contributed by atoms with Gasteiger partial charge in [-0.25, -0.2) is 19.7 Å². The summed E-state index contributed by atoms with van der Waals surface area (Å²) in [5.74, 6) is 1.03. The van der Waals surface area contributed by atoms with Crippen molar-refractivity contribution in [1.82, 2.24) is 39.6 Å². The van der Waals surface area contributed by atoms with Crippen LogP contribution in [-0.2, 0) is 7.05 Å². The van der Waals surface area contributed by atoms with Gasteiger partial charge in [-0.05, 0) is 18.4 Å². The Labute approximate surface area is 189 Å². The molecule has 5 heterocycles. The van der Waals surface area contributed by atoms with Gasteiger partial charge in [-0.1, -0.05) is 20.8 Å². The quantitative estimate of drug-likeness (QED) is 0.486. The van der Waals surface area contributed by atoms with Gasteiger partial charge < -0.3 is 19.3 Å². The number of carbonyl (C=O) groups is 1. The molecule has 33 heavy (non-hydrogen) atoms. The number of pyridine rings is 1. The van der Waals surface area contributed by atoms with Gasteiger partial charge in [-0.2, -0.15) is 10.1 Å². The zero-order valence-corrected chi connectivity index (χ0v) is 19.2. The molecular formula is C22H26N8O3. The molecule has 0 bridgehead atoms. The summed E-state index contributed by atoms with van der Waals surface area (Å²) < 4.78 is 8.20. The summed E-state index contributed by atoms with van der Waals surface area (Å²) in [5.41, 5.74) is 3.25. The van der Waals surface area contributed by atoms with Crippen LogP contribution in [0, 0.1) is 12.3 Å². The standard InChI is InChI=1S/C22H26N8O3/c1-11-13-8-12(9-23-17(13)28-27-11)18-26-15-19(29(18)5)24-10-25-20(15)33-14-6-7-30(21(31)32)16(14)22(2,3)4/h8-10,14,16H,6-7H2,1-5H3,(H,31,32)(H,23,27,28). The third kappa shape index (κ3) is 3.43. The fourth-order valence-corrected chi connectivity index (χ4v) is 4.74. The maximum atomic E-state index is 11.8. The van der Waals surface area contributed by atoms with E-state index >= 15 is 0 Å². The Bertz CT molecular complexity index is 1370. The van der Waals surface area contributed by atoms with E-state index in [2.05, 4.69) is 25.1 Å². The fraction of sp³-hybridized carbons (Fsp3) is 0.455. The number of aromatic nitrogens is 7. The summed E-state index contributed by atoms with van der Waals surface area (Å²) in [7, 11) is 1.88. The normalized spacial score (nSPS) is 19.0. The number of carboxylic acid groups (broad SMARTS) is 1. The molecule has 1 amide bonds. The van der Waals surface area contributed by atoms with Crippen LogP contribution in [0.1, 0.15) is 32.9 Å². The highest BCUT2D eigenvalue weighted by Gasteiger charge is 2.45. The minimum atomic E-state index is -0.939. The van der Waals surface area contributed by atoms with Crippen molar-refractivity contribution in [3.63, 3.8) is 0 Å². The van der Waals surface area contributed by atoms with Gasteiger partial charge in [-0.15, -0.1) is 0 Å². The van der Waals surface area contributed by atoms with Gasteiger partial charge in [-0.3, -0.25) is 5.10 Å². The maximum Gasteiger partial charge on any atom is 0.407 e. The molecule has 1 aliphatic rings. The first-order valence-corrected chi connectivity index (χ1v) is 10.8. The molecule has 2 unspecified atom stereocenters. The Morgan fingerprint density at radius 1 is 1.27 bits per heavy atom. The topological polar surface area (TPSA) is 135 Å². The lowest BCUT2D eigenvalue weighted by molar-refractivity contribution is 0.0558. The van der Waals surface area contributed by atoms with E-state index in [1.165, 1.54) is 11.2 Å². The number of aryl methyl sites for hydroxylation is 2. The number of nitrogens with one attached hydrogen (secondary N) is 1. The second-order valence-corrected chi connectivity index (χ2v) is 9.52. The predicted molar refractivity (Wildman–Crippen MR) is 121 cm³/mol. The first-order chi connectivity index (χ1) is 15.6. The molecule has 4 aromatic heterocycles. The van der Waals surface area contributed by atoms with E-state index in [0.717, 1.165) is 16.6 Å². The molecule has 0 aliphatic carbocycles. The molecule has 172 valence electrons. The van der Waals surface area contributed by atoms with Crippen molar-refractivity contribution in [2.24, 2.45) is 12.5 Å². The van der Waals surface area contributed by atoms with Gasteiger partial charge in [0.2, 0.25) is 5.88 Å². The molecule has 1 aliphatic heterocycles. The number of likely N-dealkylation sites (tertiary alicyclic amines) is 1. The summed E-state index contributed by atoms with van der Waals surface area (Å²) in [6.07, 6.45) is 2.48. The number of ether oxygens (including phenoxy) is 1.